The van der Waals surface area contributed by atoms with Crippen molar-refractivity contribution in [1.29, 1.82) is 0 Å². The van der Waals surface area contributed by atoms with Crippen LogP contribution in [0.25, 0.3) is 11.0 Å². The molecule has 0 radical (unpaired) electrons. The van der Waals surface area contributed by atoms with Crippen LogP contribution >= 0.6 is 11.8 Å². The summed E-state index contributed by atoms with van der Waals surface area (Å²) in [6, 6.07) is 9.37. The van der Waals surface area contributed by atoms with Crippen LogP contribution in [0.4, 0.5) is 5.69 Å². The van der Waals surface area contributed by atoms with Crippen molar-refractivity contribution in [3.63, 3.8) is 0 Å². The van der Waals surface area contributed by atoms with Crippen LogP contribution in [0, 0.1) is 13.8 Å². The Balaban J connectivity index is 1.78. The van der Waals surface area contributed by atoms with Crippen molar-refractivity contribution in [2.24, 2.45) is 7.05 Å². The van der Waals surface area contributed by atoms with Crippen LogP contribution in [-0.2, 0) is 17.6 Å². The topological polar surface area (TPSA) is 97.1 Å². The Hall–Kier alpha value is -2.87. The molecular formula is C20H22N4O3S. The highest BCUT2D eigenvalue weighted by Gasteiger charge is 2.18. The van der Waals surface area contributed by atoms with E-state index in [1.807, 2.05) is 45.2 Å². The highest BCUT2D eigenvalue weighted by atomic mass is 32.2. The first-order valence-corrected chi connectivity index (χ1v) is 10.0. The number of benzene rings is 1. The third-order valence-corrected chi connectivity index (χ3v) is 5.29. The molecule has 28 heavy (non-hydrogen) atoms. The maximum absolute atomic E-state index is 12.9. The summed E-state index contributed by atoms with van der Waals surface area (Å²) < 4.78 is 1.68. The number of rotatable bonds is 7. The number of pyridine rings is 1. The minimum absolute atomic E-state index is 0.142. The van der Waals surface area contributed by atoms with E-state index in [2.05, 4.69) is 15.4 Å². The summed E-state index contributed by atoms with van der Waals surface area (Å²) in [5.41, 5.74) is 4.48. The Morgan fingerprint density at radius 1 is 1.25 bits per heavy atom. The lowest BCUT2D eigenvalue weighted by Crippen LogP contribution is -2.13. The zero-order valence-corrected chi connectivity index (χ0v) is 16.8. The van der Waals surface area contributed by atoms with E-state index in [1.54, 1.807) is 22.5 Å². The number of aromatic nitrogens is 3. The summed E-state index contributed by atoms with van der Waals surface area (Å²) in [5.74, 6) is 0.248. The van der Waals surface area contributed by atoms with E-state index in [1.165, 1.54) is 0 Å². The molecule has 0 aliphatic heterocycles. The molecule has 3 rings (SSSR count). The van der Waals surface area contributed by atoms with Crippen molar-refractivity contribution >= 4 is 40.4 Å². The normalized spacial score (nSPS) is 11.0. The molecule has 0 spiro atoms. The monoisotopic (exact) mass is 398 g/mol. The van der Waals surface area contributed by atoms with Crippen LogP contribution < -0.4 is 5.32 Å². The van der Waals surface area contributed by atoms with Crippen LogP contribution in [0.1, 0.15) is 33.7 Å². The summed E-state index contributed by atoms with van der Waals surface area (Å²) in [6.07, 6.45) is 0.142. The molecule has 0 fully saturated rings. The number of fused-ring (bicyclic) bond motifs is 1. The van der Waals surface area contributed by atoms with E-state index >= 15 is 0 Å². The molecule has 8 heteroatoms. The summed E-state index contributed by atoms with van der Waals surface area (Å²) in [7, 11) is 1.81. The third kappa shape index (κ3) is 4.51. The minimum Gasteiger partial charge on any atom is -0.481 e. The van der Waals surface area contributed by atoms with Gasteiger partial charge in [-0.1, -0.05) is 12.1 Å². The lowest BCUT2D eigenvalue weighted by atomic mass is 10.1. The largest absolute Gasteiger partial charge is 0.481 e. The molecule has 1 amide bonds. The van der Waals surface area contributed by atoms with Gasteiger partial charge in [-0.2, -0.15) is 16.9 Å². The Bertz CT molecular complexity index is 1050. The van der Waals surface area contributed by atoms with Gasteiger partial charge in [0.15, 0.2) is 5.65 Å². The van der Waals surface area contributed by atoms with E-state index in [9.17, 15) is 9.59 Å². The maximum Gasteiger partial charge on any atom is 0.304 e. The molecular weight excluding hydrogens is 376 g/mol. The second-order valence-corrected chi connectivity index (χ2v) is 7.67. The van der Waals surface area contributed by atoms with Crippen molar-refractivity contribution in [2.75, 3.05) is 11.1 Å². The molecule has 7 nitrogen and oxygen atoms in total. The van der Waals surface area contributed by atoms with Gasteiger partial charge in [-0.05, 0) is 37.6 Å². The smallest absolute Gasteiger partial charge is 0.304 e. The van der Waals surface area contributed by atoms with E-state index in [0.717, 1.165) is 22.3 Å². The number of nitrogens with zero attached hydrogens (tertiary/aromatic N) is 3. The summed E-state index contributed by atoms with van der Waals surface area (Å²) in [5, 5.41) is 16.8. The number of anilines is 1. The maximum atomic E-state index is 12.9. The van der Waals surface area contributed by atoms with Crippen LogP contribution in [0.15, 0.2) is 30.3 Å². The molecule has 0 atom stereocenters. The van der Waals surface area contributed by atoms with Gasteiger partial charge in [0, 0.05) is 29.9 Å². The second-order valence-electron chi connectivity index (χ2n) is 6.57. The number of aliphatic carboxylic acids is 1. The van der Waals surface area contributed by atoms with Crippen LogP contribution in [0.3, 0.4) is 0 Å². The number of amides is 1. The van der Waals surface area contributed by atoms with Crippen molar-refractivity contribution in [3.05, 3.63) is 52.8 Å². The van der Waals surface area contributed by atoms with Gasteiger partial charge in [-0.25, -0.2) is 4.98 Å². The van der Waals surface area contributed by atoms with Gasteiger partial charge in [0.2, 0.25) is 0 Å². The van der Waals surface area contributed by atoms with E-state index in [4.69, 9.17) is 5.11 Å². The first-order chi connectivity index (χ1) is 13.3. The SMILES string of the molecule is Cc1cc(C(=O)Nc2cccc(CSCCC(=O)O)c2)c2c(C)nn(C)c2n1. The molecule has 0 unspecified atom stereocenters. The zero-order valence-electron chi connectivity index (χ0n) is 16.0. The van der Waals surface area contributed by atoms with E-state index in [0.29, 0.717) is 28.4 Å². The van der Waals surface area contributed by atoms with E-state index < -0.39 is 5.97 Å². The zero-order chi connectivity index (χ0) is 20.3. The Morgan fingerprint density at radius 2 is 2.04 bits per heavy atom. The highest BCUT2D eigenvalue weighted by molar-refractivity contribution is 7.98. The van der Waals surface area contributed by atoms with Gasteiger partial charge in [-0.15, -0.1) is 0 Å². The summed E-state index contributed by atoms with van der Waals surface area (Å²) in [6.45, 7) is 3.72. The van der Waals surface area contributed by atoms with Gasteiger partial charge in [0.25, 0.3) is 5.91 Å². The minimum atomic E-state index is -0.793. The molecule has 0 bridgehead atoms. The molecule has 0 saturated heterocycles. The first kappa shape index (κ1) is 19.9. The number of carbonyl (C=O) groups is 2. The molecule has 0 aliphatic rings. The number of carbonyl (C=O) groups excluding carboxylic acids is 1. The van der Waals surface area contributed by atoms with Crippen LogP contribution in [0.5, 0.6) is 0 Å². The number of aryl methyl sites for hydroxylation is 3. The van der Waals surface area contributed by atoms with Gasteiger partial charge < -0.3 is 10.4 Å². The number of hydrogen-bond donors (Lipinski definition) is 2. The number of nitrogens with one attached hydrogen (secondary N) is 1. The fourth-order valence-corrected chi connectivity index (χ4v) is 3.91. The fraction of sp³-hybridized carbons (Fsp3) is 0.300. The molecule has 0 aliphatic carbocycles. The summed E-state index contributed by atoms with van der Waals surface area (Å²) in [4.78, 5) is 28.0. The summed E-state index contributed by atoms with van der Waals surface area (Å²) >= 11 is 1.55. The number of carboxylic acids is 1. The Morgan fingerprint density at radius 3 is 2.79 bits per heavy atom. The molecule has 2 N–H and O–H groups in total. The van der Waals surface area contributed by atoms with Crippen LogP contribution in [-0.4, -0.2) is 37.5 Å². The lowest BCUT2D eigenvalue weighted by molar-refractivity contribution is -0.136. The molecule has 3 aromatic rings. The highest BCUT2D eigenvalue weighted by Crippen LogP contribution is 2.23. The third-order valence-electron chi connectivity index (χ3n) is 4.26. The van der Waals surface area contributed by atoms with E-state index in [-0.39, 0.29) is 12.3 Å². The average molecular weight is 398 g/mol. The van der Waals surface area contributed by atoms with Crippen molar-refractivity contribution in [1.82, 2.24) is 14.8 Å². The van der Waals surface area contributed by atoms with Gasteiger partial charge >= 0.3 is 5.97 Å². The second kappa shape index (κ2) is 8.43. The van der Waals surface area contributed by atoms with Gasteiger partial charge in [-0.3, -0.25) is 14.3 Å². The van der Waals surface area contributed by atoms with Crippen LogP contribution in [0.2, 0.25) is 0 Å². The Labute approximate surface area is 167 Å². The molecule has 0 saturated carbocycles. The quantitative estimate of drug-likeness (QED) is 0.591. The number of hydrogen-bond acceptors (Lipinski definition) is 5. The van der Waals surface area contributed by atoms with Crippen molar-refractivity contribution < 1.29 is 14.7 Å². The predicted octanol–water partition coefficient (Wildman–Crippen LogP) is 3.55. The number of thioether (sulfide) groups is 1. The first-order valence-electron chi connectivity index (χ1n) is 8.86. The number of carboxylic acid groups (broad SMARTS) is 1. The van der Waals surface area contributed by atoms with Crippen molar-refractivity contribution in [2.45, 2.75) is 26.0 Å². The molecule has 2 aromatic heterocycles. The lowest BCUT2D eigenvalue weighted by Gasteiger charge is -2.09. The molecule has 146 valence electrons. The van der Waals surface area contributed by atoms with Gasteiger partial charge in [0.05, 0.1) is 23.1 Å². The molecule has 1 aromatic carbocycles. The van der Waals surface area contributed by atoms with Crippen molar-refractivity contribution in [3.8, 4) is 0 Å². The molecule has 2 heterocycles. The Kier molecular flexibility index (Phi) is 5.99. The fourth-order valence-electron chi connectivity index (χ4n) is 3.04. The van der Waals surface area contributed by atoms with Gasteiger partial charge in [0.1, 0.15) is 0 Å². The predicted molar refractivity (Wildman–Crippen MR) is 111 cm³/mol. The average Bonchev–Trinajstić information content (AvgIpc) is 2.92. The standard InChI is InChI=1S/C20H22N4O3S/c1-12-9-16(18-13(2)23-24(3)19(18)21-12)20(27)22-15-6-4-5-14(10-15)11-28-8-7-17(25)26/h4-6,9-10H,7-8,11H2,1-3H3,(H,22,27)(H,25,26).